The van der Waals surface area contributed by atoms with Gasteiger partial charge in [0.05, 0.1) is 12.3 Å². The van der Waals surface area contributed by atoms with Crippen LogP contribution in [0, 0.1) is 12.7 Å². The Morgan fingerprint density at radius 3 is 2.85 bits per heavy atom. The van der Waals surface area contributed by atoms with Crippen LogP contribution < -0.4 is 10.5 Å². The van der Waals surface area contributed by atoms with Gasteiger partial charge in [-0.1, -0.05) is 13.3 Å². The molecule has 0 aliphatic heterocycles. The fraction of sp³-hybridized carbons (Fsp3) is 0.333. The van der Waals surface area contributed by atoms with Gasteiger partial charge in [0.2, 0.25) is 0 Å². The fourth-order valence-corrected chi connectivity index (χ4v) is 1.87. The lowest BCUT2D eigenvalue weighted by atomic mass is 10.1. The average Bonchev–Trinajstić information content (AvgIpc) is 2.43. The third kappa shape index (κ3) is 3.04. The van der Waals surface area contributed by atoms with E-state index in [4.69, 9.17) is 10.5 Å². The third-order valence-corrected chi connectivity index (χ3v) is 3.08. The van der Waals surface area contributed by atoms with E-state index >= 15 is 0 Å². The lowest BCUT2D eigenvalue weighted by molar-refractivity contribution is 0.309. The predicted octanol–water partition coefficient (Wildman–Crippen LogP) is 3.35. The number of anilines is 1. The highest BCUT2D eigenvalue weighted by atomic mass is 19.1. The Morgan fingerprint density at radius 1 is 1.30 bits per heavy atom. The lowest BCUT2D eigenvalue weighted by Crippen LogP contribution is -2.02. The Hall–Kier alpha value is -2.17. The summed E-state index contributed by atoms with van der Waals surface area (Å²) >= 11 is 0. The first kappa shape index (κ1) is 14.2. The monoisotopic (exact) mass is 275 g/mol. The summed E-state index contributed by atoms with van der Waals surface area (Å²) in [7, 11) is 0. The Balaban J connectivity index is 2.42. The van der Waals surface area contributed by atoms with Gasteiger partial charge in [-0.25, -0.2) is 14.4 Å². The number of hydrogen-bond acceptors (Lipinski definition) is 4. The number of rotatable bonds is 5. The van der Waals surface area contributed by atoms with Gasteiger partial charge in [0.25, 0.3) is 0 Å². The maximum Gasteiger partial charge on any atom is 0.131 e. The largest absolute Gasteiger partial charge is 0.493 e. The second-order valence-electron chi connectivity index (χ2n) is 4.58. The van der Waals surface area contributed by atoms with Crippen molar-refractivity contribution in [2.75, 3.05) is 12.3 Å². The van der Waals surface area contributed by atoms with E-state index in [-0.39, 0.29) is 5.82 Å². The minimum Gasteiger partial charge on any atom is -0.493 e. The van der Waals surface area contributed by atoms with Crippen molar-refractivity contribution in [1.29, 1.82) is 0 Å². The predicted molar refractivity (Wildman–Crippen MR) is 77.0 cm³/mol. The molecule has 2 N–H and O–H groups in total. The maximum atomic E-state index is 13.4. The van der Waals surface area contributed by atoms with Crippen LogP contribution >= 0.6 is 0 Å². The van der Waals surface area contributed by atoms with Crippen LogP contribution in [-0.2, 0) is 0 Å². The van der Waals surface area contributed by atoms with Gasteiger partial charge in [0, 0.05) is 17.2 Å². The Labute approximate surface area is 117 Å². The molecule has 0 fully saturated rings. The number of aromatic nitrogens is 2. The molecule has 0 radical (unpaired) electrons. The number of ether oxygens (including phenoxy) is 1. The average molecular weight is 275 g/mol. The van der Waals surface area contributed by atoms with E-state index in [1.165, 1.54) is 18.5 Å². The summed E-state index contributed by atoms with van der Waals surface area (Å²) in [4.78, 5) is 8.17. The van der Waals surface area contributed by atoms with Crippen LogP contribution in [-0.4, -0.2) is 16.6 Å². The normalized spacial score (nSPS) is 10.6. The molecule has 1 aromatic heterocycles. The summed E-state index contributed by atoms with van der Waals surface area (Å²) in [5, 5.41) is 0. The molecule has 106 valence electrons. The molecule has 0 saturated heterocycles. The quantitative estimate of drug-likeness (QED) is 0.850. The highest BCUT2D eigenvalue weighted by Gasteiger charge is 2.13. The number of hydrogen-bond donors (Lipinski definition) is 1. The molecule has 5 heteroatoms. The molecular weight excluding hydrogens is 257 g/mol. The first-order valence-corrected chi connectivity index (χ1v) is 6.63. The first-order chi connectivity index (χ1) is 9.63. The smallest absolute Gasteiger partial charge is 0.131 e. The van der Waals surface area contributed by atoms with Crippen molar-refractivity contribution >= 4 is 5.82 Å². The van der Waals surface area contributed by atoms with Crippen LogP contribution in [0.5, 0.6) is 5.75 Å². The van der Waals surface area contributed by atoms with E-state index in [1.54, 1.807) is 6.07 Å². The van der Waals surface area contributed by atoms with E-state index in [0.717, 1.165) is 24.0 Å². The summed E-state index contributed by atoms with van der Waals surface area (Å²) < 4.78 is 19.1. The molecule has 0 unspecified atom stereocenters. The molecule has 1 heterocycles. The zero-order chi connectivity index (χ0) is 14.5. The van der Waals surface area contributed by atoms with Gasteiger partial charge < -0.3 is 10.5 Å². The summed E-state index contributed by atoms with van der Waals surface area (Å²) in [6, 6.07) is 4.42. The van der Waals surface area contributed by atoms with E-state index in [1.807, 2.05) is 6.92 Å². The molecule has 0 amide bonds. The van der Waals surface area contributed by atoms with Gasteiger partial charge in [-0.15, -0.1) is 0 Å². The Bertz CT molecular complexity index is 602. The minimum atomic E-state index is -0.333. The van der Waals surface area contributed by atoms with Crippen LogP contribution in [0.4, 0.5) is 10.2 Å². The number of halogens is 1. The zero-order valence-corrected chi connectivity index (χ0v) is 11.7. The first-order valence-electron chi connectivity index (χ1n) is 6.63. The minimum absolute atomic E-state index is 0.333. The third-order valence-electron chi connectivity index (χ3n) is 3.08. The number of benzene rings is 1. The Kier molecular flexibility index (Phi) is 4.50. The van der Waals surface area contributed by atoms with Crippen molar-refractivity contribution in [3.8, 4) is 17.0 Å². The topological polar surface area (TPSA) is 61.0 Å². The standard InChI is InChI=1S/C15H18FN3O/c1-3-4-7-20-13-8-11(16)5-6-12(13)14-10(2)15(17)19-9-18-14/h5-6,8-9H,3-4,7H2,1-2H3,(H2,17,18,19). The summed E-state index contributed by atoms with van der Waals surface area (Å²) in [5.41, 5.74) is 7.96. The molecule has 0 saturated carbocycles. The molecule has 2 rings (SSSR count). The molecule has 2 aromatic rings. The number of unbranched alkanes of at least 4 members (excludes halogenated alkanes) is 1. The van der Waals surface area contributed by atoms with Crippen molar-refractivity contribution in [2.24, 2.45) is 0 Å². The van der Waals surface area contributed by atoms with Gasteiger partial charge in [0.15, 0.2) is 0 Å². The molecule has 0 atom stereocenters. The Morgan fingerprint density at radius 2 is 2.10 bits per heavy atom. The van der Waals surface area contributed by atoms with E-state index in [9.17, 15) is 4.39 Å². The molecular formula is C15H18FN3O. The van der Waals surface area contributed by atoms with Crippen LogP contribution in [0.2, 0.25) is 0 Å². The van der Waals surface area contributed by atoms with E-state index in [0.29, 0.717) is 23.9 Å². The second-order valence-corrected chi connectivity index (χ2v) is 4.58. The van der Waals surface area contributed by atoms with Crippen molar-refractivity contribution in [1.82, 2.24) is 9.97 Å². The highest BCUT2D eigenvalue weighted by molar-refractivity contribution is 5.72. The van der Waals surface area contributed by atoms with Crippen LogP contribution in [0.1, 0.15) is 25.3 Å². The molecule has 0 spiro atoms. The van der Waals surface area contributed by atoms with E-state index in [2.05, 4.69) is 16.9 Å². The highest BCUT2D eigenvalue weighted by Crippen LogP contribution is 2.32. The van der Waals surface area contributed by atoms with Crippen molar-refractivity contribution < 1.29 is 9.13 Å². The zero-order valence-electron chi connectivity index (χ0n) is 11.7. The van der Waals surface area contributed by atoms with Gasteiger partial charge in [-0.2, -0.15) is 0 Å². The number of nitrogens with two attached hydrogens (primary N) is 1. The maximum absolute atomic E-state index is 13.4. The van der Waals surface area contributed by atoms with Gasteiger partial charge in [-0.3, -0.25) is 0 Å². The summed E-state index contributed by atoms with van der Waals surface area (Å²) in [6.07, 6.45) is 3.34. The van der Waals surface area contributed by atoms with Crippen molar-refractivity contribution in [3.05, 3.63) is 35.9 Å². The molecule has 20 heavy (non-hydrogen) atoms. The number of nitrogens with zero attached hydrogens (tertiary/aromatic N) is 2. The van der Waals surface area contributed by atoms with Gasteiger partial charge in [-0.05, 0) is 25.5 Å². The van der Waals surface area contributed by atoms with Crippen LogP contribution in [0.25, 0.3) is 11.3 Å². The van der Waals surface area contributed by atoms with Gasteiger partial charge in [0.1, 0.15) is 23.7 Å². The van der Waals surface area contributed by atoms with Crippen molar-refractivity contribution in [2.45, 2.75) is 26.7 Å². The molecule has 1 aromatic carbocycles. The summed E-state index contributed by atoms with van der Waals surface area (Å²) in [5.74, 6) is 0.568. The molecule has 0 aliphatic rings. The second kappa shape index (κ2) is 6.32. The van der Waals surface area contributed by atoms with Crippen LogP contribution in [0.15, 0.2) is 24.5 Å². The lowest BCUT2D eigenvalue weighted by Gasteiger charge is -2.13. The number of nitrogen functional groups attached to an aromatic ring is 1. The molecule has 0 aliphatic carbocycles. The SMILES string of the molecule is CCCCOc1cc(F)ccc1-c1ncnc(N)c1C. The summed E-state index contributed by atoms with van der Waals surface area (Å²) in [6.45, 7) is 4.46. The van der Waals surface area contributed by atoms with E-state index < -0.39 is 0 Å². The van der Waals surface area contributed by atoms with Crippen LogP contribution in [0.3, 0.4) is 0 Å². The van der Waals surface area contributed by atoms with Gasteiger partial charge >= 0.3 is 0 Å². The molecule has 0 bridgehead atoms. The fourth-order valence-electron chi connectivity index (χ4n) is 1.87. The molecule has 4 nitrogen and oxygen atoms in total. The van der Waals surface area contributed by atoms with Crippen molar-refractivity contribution in [3.63, 3.8) is 0 Å².